The molecule has 0 radical (unpaired) electrons. The van der Waals surface area contributed by atoms with Gasteiger partial charge >= 0.3 is 6.03 Å². The standard InChI is InChI=1S/C25H25N5O/c1-19-17-30(18-26-19)24-10-8-23(9-11-24)28-12-14-29(15-13-28)25(31)27-22-7-6-20-4-2-3-5-21(20)16-22/h2-11,16-18H,12-15H2,1H3,(H,27,31). The first kappa shape index (κ1) is 19.2. The first-order chi connectivity index (χ1) is 15.2. The van der Waals surface area contributed by atoms with Crippen molar-refractivity contribution in [2.75, 3.05) is 36.4 Å². The van der Waals surface area contributed by atoms with E-state index in [-0.39, 0.29) is 6.03 Å². The monoisotopic (exact) mass is 411 g/mol. The number of carbonyl (C=O) groups excluding carboxylic acids is 1. The number of imidazole rings is 1. The van der Waals surface area contributed by atoms with Crippen LogP contribution in [0, 0.1) is 6.92 Å². The molecule has 156 valence electrons. The van der Waals surface area contributed by atoms with Crippen LogP contribution in [0.5, 0.6) is 0 Å². The molecule has 1 aliphatic heterocycles. The van der Waals surface area contributed by atoms with Crippen molar-refractivity contribution in [2.24, 2.45) is 0 Å². The van der Waals surface area contributed by atoms with E-state index in [1.54, 1.807) is 0 Å². The molecular weight excluding hydrogens is 386 g/mol. The van der Waals surface area contributed by atoms with Crippen LogP contribution in [0.4, 0.5) is 16.2 Å². The summed E-state index contributed by atoms with van der Waals surface area (Å²) in [6.45, 7) is 5.01. The molecular formula is C25H25N5O. The molecule has 31 heavy (non-hydrogen) atoms. The Kier molecular flexibility index (Phi) is 5.04. The number of benzene rings is 3. The molecule has 2 amide bonds. The minimum Gasteiger partial charge on any atom is -0.368 e. The number of anilines is 2. The maximum Gasteiger partial charge on any atom is 0.321 e. The SMILES string of the molecule is Cc1cn(-c2ccc(N3CCN(C(=O)Nc4ccc5ccccc5c4)CC3)cc2)cn1. The van der Waals surface area contributed by atoms with E-state index in [4.69, 9.17) is 0 Å². The van der Waals surface area contributed by atoms with Gasteiger partial charge in [-0.2, -0.15) is 0 Å². The van der Waals surface area contributed by atoms with Crippen LogP contribution < -0.4 is 10.2 Å². The molecule has 1 aliphatic rings. The number of nitrogens with zero attached hydrogens (tertiary/aromatic N) is 4. The summed E-state index contributed by atoms with van der Waals surface area (Å²) in [4.78, 5) is 21.2. The Morgan fingerprint density at radius 2 is 1.58 bits per heavy atom. The molecule has 1 aromatic heterocycles. The summed E-state index contributed by atoms with van der Waals surface area (Å²) in [6.07, 6.45) is 3.85. The number of fused-ring (bicyclic) bond motifs is 1. The van der Waals surface area contributed by atoms with Crippen molar-refractivity contribution < 1.29 is 4.79 Å². The average molecular weight is 412 g/mol. The molecule has 6 heteroatoms. The van der Waals surface area contributed by atoms with Gasteiger partial charge in [-0.3, -0.25) is 0 Å². The summed E-state index contributed by atoms with van der Waals surface area (Å²) in [5.41, 5.74) is 4.10. The van der Waals surface area contributed by atoms with Crippen LogP contribution in [0.2, 0.25) is 0 Å². The van der Waals surface area contributed by atoms with Crippen LogP contribution in [0.3, 0.4) is 0 Å². The normalized spacial score (nSPS) is 14.1. The predicted octanol–water partition coefficient (Wildman–Crippen LogP) is 4.69. The highest BCUT2D eigenvalue weighted by Gasteiger charge is 2.21. The maximum absolute atomic E-state index is 12.7. The smallest absolute Gasteiger partial charge is 0.321 e. The Bertz CT molecular complexity index is 1210. The van der Waals surface area contributed by atoms with Crippen LogP contribution in [0.1, 0.15) is 5.69 Å². The third-order valence-electron chi connectivity index (χ3n) is 5.79. The van der Waals surface area contributed by atoms with E-state index in [2.05, 4.69) is 51.6 Å². The lowest BCUT2D eigenvalue weighted by Gasteiger charge is -2.36. The second-order valence-electron chi connectivity index (χ2n) is 7.90. The number of aryl methyl sites for hydroxylation is 1. The number of hydrogen-bond acceptors (Lipinski definition) is 3. The van der Waals surface area contributed by atoms with Gasteiger partial charge in [-0.05, 0) is 54.1 Å². The van der Waals surface area contributed by atoms with Gasteiger partial charge in [0.05, 0.1) is 12.0 Å². The Morgan fingerprint density at radius 3 is 2.29 bits per heavy atom. The van der Waals surface area contributed by atoms with Crippen LogP contribution >= 0.6 is 0 Å². The van der Waals surface area contributed by atoms with E-state index in [1.807, 2.05) is 59.2 Å². The largest absolute Gasteiger partial charge is 0.368 e. The van der Waals surface area contributed by atoms with Gasteiger partial charge in [0, 0.05) is 49.4 Å². The lowest BCUT2D eigenvalue weighted by Crippen LogP contribution is -2.50. The van der Waals surface area contributed by atoms with Crippen molar-refractivity contribution in [1.82, 2.24) is 14.5 Å². The van der Waals surface area contributed by atoms with Gasteiger partial charge in [0.1, 0.15) is 0 Å². The predicted molar refractivity (Wildman–Crippen MR) is 125 cm³/mol. The Hall–Kier alpha value is -3.80. The summed E-state index contributed by atoms with van der Waals surface area (Å²) in [7, 11) is 0. The van der Waals surface area contributed by atoms with Gasteiger partial charge in [-0.1, -0.05) is 30.3 Å². The number of nitrogens with one attached hydrogen (secondary N) is 1. The fraction of sp³-hybridized carbons (Fsp3) is 0.200. The molecule has 0 saturated carbocycles. The van der Waals surface area contributed by atoms with Crippen LogP contribution in [-0.4, -0.2) is 46.7 Å². The number of urea groups is 1. The second kappa shape index (κ2) is 8.14. The zero-order valence-electron chi connectivity index (χ0n) is 17.5. The van der Waals surface area contributed by atoms with Crippen molar-refractivity contribution in [3.63, 3.8) is 0 Å². The third-order valence-corrected chi connectivity index (χ3v) is 5.79. The number of amides is 2. The number of piperazine rings is 1. The number of rotatable bonds is 3. The molecule has 4 aromatic rings. The summed E-state index contributed by atoms with van der Waals surface area (Å²) >= 11 is 0. The van der Waals surface area contributed by atoms with Crippen molar-refractivity contribution in [3.8, 4) is 5.69 Å². The quantitative estimate of drug-likeness (QED) is 0.532. The van der Waals surface area contributed by atoms with Crippen LogP contribution in [0.15, 0.2) is 79.3 Å². The molecule has 1 fully saturated rings. The van der Waals surface area contributed by atoms with Crippen molar-refractivity contribution >= 4 is 28.2 Å². The van der Waals surface area contributed by atoms with Gasteiger partial charge in [0.2, 0.25) is 0 Å². The van der Waals surface area contributed by atoms with E-state index in [0.29, 0.717) is 13.1 Å². The molecule has 2 heterocycles. The van der Waals surface area contributed by atoms with E-state index in [9.17, 15) is 4.79 Å². The minimum atomic E-state index is -0.0410. The molecule has 0 atom stereocenters. The molecule has 0 aliphatic carbocycles. The average Bonchev–Trinajstić information content (AvgIpc) is 3.25. The molecule has 0 unspecified atom stereocenters. The summed E-state index contributed by atoms with van der Waals surface area (Å²) in [5.74, 6) is 0. The lowest BCUT2D eigenvalue weighted by molar-refractivity contribution is 0.208. The Morgan fingerprint density at radius 1 is 0.871 bits per heavy atom. The van der Waals surface area contributed by atoms with E-state index >= 15 is 0 Å². The molecule has 6 nitrogen and oxygen atoms in total. The third kappa shape index (κ3) is 4.10. The molecule has 5 rings (SSSR count). The second-order valence-corrected chi connectivity index (χ2v) is 7.90. The van der Waals surface area contributed by atoms with E-state index in [0.717, 1.165) is 35.5 Å². The zero-order chi connectivity index (χ0) is 21.2. The van der Waals surface area contributed by atoms with Crippen molar-refractivity contribution in [2.45, 2.75) is 6.92 Å². The number of carbonyl (C=O) groups is 1. The van der Waals surface area contributed by atoms with Gasteiger partial charge in [-0.25, -0.2) is 9.78 Å². The van der Waals surface area contributed by atoms with E-state index in [1.165, 1.54) is 11.1 Å². The maximum atomic E-state index is 12.7. The molecule has 0 spiro atoms. The van der Waals surface area contributed by atoms with Gasteiger partial charge < -0.3 is 19.7 Å². The van der Waals surface area contributed by atoms with Gasteiger partial charge in [0.15, 0.2) is 0 Å². The minimum absolute atomic E-state index is 0.0410. The summed E-state index contributed by atoms with van der Waals surface area (Å²) < 4.78 is 2.02. The Balaban J connectivity index is 1.19. The molecule has 1 N–H and O–H groups in total. The number of hydrogen-bond donors (Lipinski definition) is 1. The fourth-order valence-corrected chi connectivity index (χ4v) is 4.04. The molecule has 1 saturated heterocycles. The van der Waals surface area contributed by atoms with E-state index < -0.39 is 0 Å². The van der Waals surface area contributed by atoms with Gasteiger partial charge in [0.25, 0.3) is 0 Å². The first-order valence-corrected chi connectivity index (χ1v) is 10.6. The highest BCUT2D eigenvalue weighted by molar-refractivity contribution is 5.93. The topological polar surface area (TPSA) is 53.4 Å². The lowest BCUT2D eigenvalue weighted by atomic mass is 10.1. The Labute approximate surface area is 181 Å². The molecule has 0 bridgehead atoms. The first-order valence-electron chi connectivity index (χ1n) is 10.6. The highest BCUT2D eigenvalue weighted by Crippen LogP contribution is 2.21. The fourth-order valence-electron chi connectivity index (χ4n) is 4.04. The summed E-state index contributed by atoms with van der Waals surface area (Å²) in [6, 6.07) is 22.6. The van der Waals surface area contributed by atoms with Crippen molar-refractivity contribution in [1.29, 1.82) is 0 Å². The van der Waals surface area contributed by atoms with Gasteiger partial charge in [-0.15, -0.1) is 0 Å². The highest BCUT2D eigenvalue weighted by atomic mass is 16.2. The van der Waals surface area contributed by atoms with Crippen LogP contribution in [0.25, 0.3) is 16.5 Å². The molecule has 3 aromatic carbocycles. The van der Waals surface area contributed by atoms with Crippen molar-refractivity contribution in [3.05, 3.63) is 84.9 Å². The number of aromatic nitrogens is 2. The zero-order valence-corrected chi connectivity index (χ0v) is 17.5. The van der Waals surface area contributed by atoms with Crippen LogP contribution in [-0.2, 0) is 0 Å². The summed E-state index contributed by atoms with van der Waals surface area (Å²) in [5, 5.41) is 5.34.